The summed E-state index contributed by atoms with van der Waals surface area (Å²) < 4.78 is 0. The number of benzene rings is 1. The molecule has 0 aliphatic carbocycles. The van der Waals surface area contributed by atoms with E-state index < -0.39 is 0 Å². The molecule has 21 heavy (non-hydrogen) atoms. The van der Waals surface area contributed by atoms with Crippen LogP contribution >= 0.6 is 46.3 Å². The van der Waals surface area contributed by atoms with Crippen LogP contribution in [0.5, 0.6) is 0 Å². The molecule has 1 aromatic carbocycles. The molecule has 0 spiro atoms. The molecular formula is C15H13Cl2NOS2. The van der Waals surface area contributed by atoms with E-state index in [2.05, 4.69) is 19.1 Å². The first kappa shape index (κ1) is 15.2. The molecule has 0 saturated carbocycles. The Morgan fingerprint density at radius 3 is 2.71 bits per heavy atom. The molecule has 1 aliphatic heterocycles. The van der Waals surface area contributed by atoms with Crippen LogP contribution in [0.3, 0.4) is 0 Å². The first-order valence-electron chi connectivity index (χ1n) is 6.50. The summed E-state index contributed by atoms with van der Waals surface area (Å²) >= 11 is 15.5. The number of halogens is 2. The number of amides is 1. The number of carbonyl (C=O) groups is 1. The molecule has 1 saturated heterocycles. The van der Waals surface area contributed by atoms with Gasteiger partial charge in [-0.05, 0) is 37.3 Å². The number of thiophene rings is 1. The topological polar surface area (TPSA) is 20.3 Å². The van der Waals surface area contributed by atoms with Gasteiger partial charge in [0.25, 0.3) is 5.91 Å². The maximum absolute atomic E-state index is 12.7. The van der Waals surface area contributed by atoms with Crippen molar-refractivity contribution in [3.8, 4) is 0 Å². The van der Waals surface area contributed by atoms with Gasteiger partial charge in [0.15, 0.2) is 0 Å². The van der Waals surface area contributed by atoms with Crippen molar-refractivity contribution in [1.29, 1.82) is 0 Å². The fourth-order valence-electron chi connectivity index (χ4n) is 2.29. The highest BCUT2D eigenvalue weighted by atomic mass is 35.5. The average Bonchev–Trinajstić information content (AvgIpc) is 3.09. The molecule has 1 atom stereocenters. The van der Waals surface area contributed by atoms with E-state index in [0.717, 1.165) is 12.3 Å². The molecule has 2 aromatic rings. The van der Waals surface area contributed by atoms with Crippen molar-refractivity contribution in [2.75, 3.05) is 12.3 Å². The van der Waals surface area contributed by atoms with Crippen LogP contribution in [0.1, 0.15) is 25.5 Å². The summed E-state index contributed by atoms with van der Waals surface area (Å²) in [6.07, 6.45) is 0. The van der Waals surface area contributed by atoms with Crippen LogP contribution in [-0.4, -0.2) is 23.1 Å². The van der Waals surface area contributed by atoms with Gasteiger partial charge in [-0.15, -0.1) is 23.1 Å². The van der Waals surface area contributed by atoms with E-state index in [1.165, 1.54) is 9.75 Å². The minimum absolute atomic E-state index is 0.00891. The Morgan fingerprint density at radius 1 is 1.24 bits per heavy atom. The van der Waals surface area contributed by atoms with Gasteiger partial charge in [0.1, 0.15) is 5.37 Å². The number of hydrogen-bond acceptors (Lipinski definition) is 3. The quantitative estimate of drug-likeness (QED) is 0.731. The van der Waals surface area contributed by atoms with E-state index in [9.17, 15) is 4.79 Å². The third kappa shape index (κ3) is 3.09. The van der Waals surface area contributed by atoms with E-state index in [1.54, 1.807) is 41.3 Å². The van der Waals surface area contributed by atoms with Crippen molar-refractivity contribution in [1.82, 2.24) is 4.90 Å². The van der Waals surface area contributed by atoms with Crippen LogP contribution in [0.4, 0.5) is 0 Å². The summed E-state index contributed by atoms with van der Waals surface area (Å²) in [7, 11) is 0. The van der Waals surface area contributed by atoms with Gasteiger partial charge in [0.2, 0.25) is 0 Å². The number of aryl methyl sites for hydroxylation is 1. The fourth-order valence-corrected chi connectivity index (χ4v) is 4.96. The standard InChI is InChI=1S/C15H13Cl2NOS2/c1-9-2-5-13(21-9)15-18(6-7-20-15)14(19)10-3-4-11(16)12(17)8-10/h2-5,8,15H,6-7H2,1H3/t15-/m0/s1. The van der Waals surface area contributed by atoms with Crippen LogP contribution in [0.2, 0.25) is 10.0 Å². The van der Waals surface area contributed by atoms with Crippen molar-refractivity contribution < 1.29 is 4.79 Å². The first-order valence-corrected chi connectivity index (χ1v) is 9.12. The molecular weight excluding hydrogens is 345 g/mol. The van der Waals surface area contributed by atoms with Gasteiger partial charge < -0.3 is 4.90 Å². The SMILES string of the molecule is Cc1ccc([C@@H]2SCCN2C(=O)c2ccc(Cl)c(Cl)c2)s1. The number of rotatable bonds is 2. The molecule has 6 heteroatoms. The highest BCUT2D eigenvalue weighted by molar-refractivity contribution is 7.99. The predicted octanol–water partition coefficient (Wildman–Crippen LogP) is 5.25. The molecule has 0 bridgehead atoms. The summed E-state index contributed by atoms with van der Waals surface area (Å²) in [5.74, 6) is 0.962. The Balaban J connectivity index is 1.87. The second kappa shape index (κ2) is 6.21. The molecule has 1 fully saturated rings. The Morgan fingerprint density at radius 2 is 2.05 bits per heavy atom. The van der Waals surface area contributed by atoms with Crippen molar-refractivity contribution in [2.45, 2.75) is 12.3 Å². The zero-order valence-corrected chi connectivity index (χ0v) is 14.5. The summed E-state index contributed by atoms with van der Waals surface area (Å²) in [5, 5.41) is 0.984. The minimum Gasteiger partial charge on any atom is -0.321 e. The monoisotopic (exact) mass is 357 g/mol. The maximum Gasteiger partial charge on any atom is 0.255 e. The smallest absolute Gasteiger partial charge is 0.255 e. The summed E-state index contributed by atoms with van der Waals surface area (Å²) in [6.45, 7) is 2.84. The van der Waals surface area contributed by atoms with Gasteiger partial charge in [0, 0.05) is 27.6 Å². The molecule has 3 rings (SSSR count). The lowest BCUT2D eigenvalue weighted by Crippen LogP contribution is -2.30. The second-order valence-corrected chi connectivity index (χ2v) is 8.12. The second-order valence-electron chi connectivity index (χ2n) is 4.80. The zero-order valence-electron chi connectivity index (χ0n) is 11.3. The zero-order chi connectivity index (χ0) is 15.0. The van der Waals surface area contributed by atoms with Gasteiger partial charge in [-0.1, -0.05) is 23.2 Å². The molecule has 110 valence electrons. The van der Waals surface area contributed by atoms with Crippen molar-refractivity contribution in [3.05, 3.63) is 55.7 Å². The summed E-state index contributed by atoms with van der Waals surface area (Å²) in [4.78, 5) is 17.1. The van der Waals surface area contributed by atoms with Crippen LogP contribution < -0.4 is 0 Å². The molecule has 0 radical (unpaired) electrons. The van der Waals surface area contributed by atoms with Crippen LogP contribution in [-0.2, 0) is 0 Å². The number of hydrogen-bond donors (Lipinski definition) is 0. The fraction of sp³-hybridized carbons (Fsp3) is 0.267. The average molecular weight is 358 g/mol. The van der Waals surface area contributed by atoms with E-state index >= 15 is 0 Å². The molecule has 1 aromatic heterocycles. The largest absolute Gasteiger partial charge is 0.321 e. The van der Waals surface area contributed by atoms with E-state index in [4.69, 9.17) is 23.2 Å². The first-order chi connectivity index (χ1) is 10.1. The van der Waals surface area contributed by atoms with Crippen molar-refractivity contribution >= 4 is 52.2 Å². The molecule has 0 unspecified atom stereocenters. The normalized spacial score (nSPS) is 18.2. The molecule has 0 N–H and O–H groups in total. The Kier molecular flexibility index (Phi) is 4.50. The molecule has 2 nitrogen and oxygen atoms in total. The van der Waals surface area contributed by atoms with E-state index in [1.807, 2.05) is 4.90 Å². The van der Waals surface area contributed by atoms with Gasteiger partial charge in [-0.2, -0.15) is 0 Å². The highest BCUT2D eigenvalue weighted by Gasteiger charge is 2.32. The van der Waals surface area contributed by atoms with E-state index in [0.29, 0.717) is 15.6 Å². The molecule has 1 aliphatic rings. The highest BCUT2D eigenvalue weighted by Crippen LogP contribution is 2.41. The number of carbonyl (C=O) groups excluding carboxylic acids is 1. The lowest BCUT2D eigenvalue weighted by molar-refractivity contribution is 0.0762. The van der Waals surface area contributed by atoms with Gasteiger partial charge in [-0.3, -0.25) is 4.79 Å². The third-order valence-corrected chi connectivity index (χ3v) is 6.51. The minimum atomic E-state index is 0.00891. The molecule has 1 amide bonds. The Bertz CT molecular complexity index is 686. The van der Waals surface area contributed by atoms with E-state index in [-0.39, 0.29) is 11.3 Å². The lowest BCUT2D eigenvalue weighted by Gasteiger charge is -2.23. The van der Waals surface area contributed by atoms with Gasteiger partial charge >= 0.3 is 0 Å². The van der Waals surface area contributed by atoms with Gasteiger partial charge in [0.05, 0.1) is 10.0 Å². The predicted molar refractivity (Wildman–Crippen MR) is 91.8 cm³/mol. The van der Waals surface area contributed by atoms with Crippen LogP contribution in [0.25, 0.3) is 0 Å². The van der Waals surface area contributed by atoms with Gasteiger partial charge in [-0.25, -0.2) is 0 Å². The Labute approximate surface area is 142 Å². The number of nitrogens with zero attached hydrogens (tertiary/aromatic N) is 1. The third-order valence-electron chi connectivity index (χ3n) is 3.32. The summed E-state index contributed by atoms with van der Waals surface area (Å²) in [5.41, 5.74) is 0.588. The maximum atomic E-state index is 12.7. The van der Waals surface area contributed by atoms with Crippen LogP contribution in [0, 0.1) is 6.92 Å². The summed E-state index contributed by atoms with van der Waals surface area (Å²) in [6, 6.07) is 9.26. The lowest BCUT2D eigenvalue weighted by atomic mass is 10.2. The van der Waals surface area contributed by atoms with Crippen molar-refractivity contribution in [2.24, 2.45) is 0 Å². The Hall–Kier alpha value is -0.680. The molecule has 2 heterocycles. The number of thioether (sulfide) groups is 1. The van der Waals surface area contributed by atoms with Crippen molar-refractivity contribution in [3.63, 3.8) is 0 Å². The van der Waals surface area contributed by atoms with Crippen LogP contribution in [0.15, 0.2) is 30.3 Å².